The molecule has 0 radical (unpaired) electrons. The monoisotopic (exact) mass is 455 g/mol. The minimum atomic E-state index is -3.41. The highest BCUT2D eigenvalue weighted by molar-refractivity contribution is 7.92. The molecule has 2 N–H and O–H groups in total. The minimum Gasteiger partial charge on any atom is -0.435 e. The van der Waals surface area contributed by atoms with Gasteiger partial charge in [0.2, 0.25) is 10.0 Å². The summed E-state index contributed by atoms with van der Waals surface area (Å²) in [4.78, 5) is 7.74. The van der Waals surface area contributed by atoms with Crippen LogP contribution in [0.25, 0.3) is 34.3 Å². The normalized spacial score (nSPS) is 12.0. The Morgan fingerprint density at radius 1 is 1.03 bits per heavy atom. The van der Waals surface area contributed by atoms with Crippen molar-refractivity contribution in [1.29, 1.82) is 0 Å². The summed E-state index contributed by atoms with van der Waals surface area (Å²) >= 11 is 0. The number of sulfonamides is 1. The molecule has 0 amide bonds. The third-order valence-electron chi connectivity index (χ3n) is 4.57. The number of aromatic amines is 1. The molecule has 0 aliphatic carbocycles. The molecule has 0 saturated carbocycles. The van der Waals surface area contributed by atoms with Crippen LogP contribution in [-0.4, -0.2) is 31.3 Å². The standard InChI is InChI=1S/C23H19F2N3O3S/c1-32(29,30)28-19-5-3-2-4-18(19)16-9-12-20-21(14-16)27-22(26-20)13-8-15-6-10-17(11-7-15)31-23(24)25/h2-14,23,28H,1H3,(H,26,27). The van der Waals surface area contributed by atoms with Crippen molar-refractivity contribution in [3.8, 4) is 16.9 Å². The van der Waals surface area contributed by atoms with Crippen molar-refractivity contribution in [2.45, 2.75) is 6.61 Å². The van der Waals surface area contributed by atoms with E-state index in [0.29, 0.717) is 11.5 Å². The number of nitrogens with zero attached hydrogens (tertiary/aromatic N) is 1. The smallest absolute Gasteiger partial charge is 0.387 e. The first-order valence-electron chi connectivity index (χ1n) is 9.57. The predicted octanol–water partition coefficient (Wildman–Crippen LogP) is 5.37. The van der Waals surface area contributed by atoms with Crippen LogP contribution in [0.5, 0.6) is 5.75 Å². The number of para-hydroxylation sites is 1. The highest BCUT2D eigenvalue weighted by Gasteiger charge is 2.10. The van der Waals surface area contributed by atoms with Gasteiger partial charge in [0.05, 0.1) is 23.0 Å². The molecule has 0 fully saturated rings. The van der Waals surface area contributed by atoms with Gasteiger partial charge in [0, 0.05) is 5.56 Å². The van der Waals surface area contributed by atoms with Crippen molar-refractivity contribution in [2.75, 3.05) is 11.0 Å². The lowest BCUT2D eigenvalue weighted by molar-refractivity contribution is -0.0498. The molecule has 3 aromatic carbocycles. The summed E-state index contributed by atoms with van der Waals surface area (Å²) in [6.07, 6.45) is 4.69. The maximum atomic E-state index is 12.2. The van der Waals surface area contributed by atoms with Gasteiger partial charge in [-0.1, -0.05) is 42.5 Å². The van der Waals surface area contributed by atoms with Gasteiger partial charge in [0.1, 0.15) is 11.6 Å². The van der Waals surface area contributed by atoms with Crippen LogP contribution in [0, 0.1) is 0 Å². The highest BCUT2D eigenvalue weighted by atomic mass is 32.2. The molecule has 1 aromatic heterocycles. The molecule has 164 valence electrons. The Hall–Kier alpha value is -3.72. The van der Waals surface area contributed by atoms with Crippen LogP contribution in [0.2, 0.25) is 0 Å². The predicted molar refractivity (Wildman–Crippen MR) is 122 cm³/mol. The largest absolute Gasteiger partial charge is 0.435 e. The Kier molecular flexibility index (Phi) is 5.91. The number of hydrogen-bond donors (Lipinski definition) is 2. The highest BCUT2D eigenvalue weighted by Crippen LogP contribution is 2.30. The first-order chi connectivity index (χ1) is 15.3. The maximum absolute atomic E-state index is 12.2. The maximum Gasteiger partial charge on any atom is 0.387 e. The summed E-state index contributed by atoms with van der Waals surface area (Å²) in [5.41, 5.74) is 4.41. The summed E-state index contributed by atoms with van der Waals surface area (Å²) in [6.45, 7) is -2.86. The van der Waals surface area contributed by atoms with E-state index in [1.54, 1.807) is 36.4 Å². The van der Waals surface area contributed by atoms with E-state index in [4.69, 9.17) is 0 Å². The molecular formula is C23H19F2N3O3S. The average Bonchev–Trinajstić information content (AvgIpc) is 3.14. The number of alkyl halides is 2. The number of nitrogens with one attached hydrogen (secondary N) is 2. The SMILES string of the molecule is CS(=O)(=O)Nc1ccccc1-c1ccc2nc(C=Cc3ccc(OC(F)F)cc3)[nH]c2c1. The van der Waals surface area contributed by atoms with Gasteiger partial charge in [-0.2, -0.15) is 8.78 Å². The Bertz CT molecular complexity index is 1380. The lowest BCUT2D eigenvalue weighted by Crippen LogP contribution is -2.10. The average molecular weight is 455 g/mol. The zero-order valence-electron chi connectivity index (χ0n) is 16.9. The number of fused-ring (bicyclic) bond motifs is 1. The number of imidazole rings is 1. The zero-order chi connectivity index (χ0) is 22.7. The molecular weight excluding hydrogens is 436 g/mol. The van der Waals surface area contributed by atoms with Gasteiger partial charge in [0.15, 0.2) is 0 Å². The third-order valence-corrected chi connectivity index (χ3v) is 5.16. The number of H-pyrrole nitrogens is 1. The Labute approximate surface area is 183 Å². The molecule has 0 aliphatic heterocycles. The van der Waals surface area contributed by atoms with Crippen LogP contribution >= 0.6 is 0 Å². The van der Waals surface area contributed by atoms with Crippen LogP contribution < -0.4 is 9.46 Å². The second kappa shape index (κ2) is 8.80. The fourth-order valence-corrected chi connectivity index (χ4v) is 3.81. The molecule has 0 spiro atoms. The zero-order valence-corrected chi connectivity index (χ0v) is 17.7. The minimum absolute atomic E-state index is 0.0964. The quantitative estimate of drug-likeness (QED) is 0.392. The van der Waals surface area contributed by atoms with Crippen LogP contribution in [0.15, 0.2) is 66.7 Å². The molecule has 4 rings (SSSR count). The second-order valence-electron chi connectivity index (χ2n) is 7.05. The van der Waals surface area contributed by atoms with Crippen molar-refractivity contribution in [3.05, 3.63) is 78.1 Å². The van der Waals surface area contributed by atoms with Crippen molar-refractivity contribution < 1.29 is 21.9 Å². The van der Waals surface area contributed by atoms with Gasteiger partial charge in [0.25, 0.3) is 0 Å². The molecule has 6 nitrogen and oxygen atoms in total. The fraction of sp³-hybridized carbons (Fsp3) is 0.0870. The number of rotatable bonds is 7. The number of anilines is 1. The van der Waals surface area contributed by atoms with E-state index in [1.165, 1.54) is 12.1 Å². The van der Waals surface area contributed by atoms with E-state index in [9.17, 15) is 17.2 Å². The lowest BCUT2D eigenvalue weighted by Gasteiger charge is -2.10. The number of aromatic nitrogens is 2. The molecule has 4 aromatic rings. The molecule has 0 atom stereocenters. The van der Waals surface area contributed by atoms with E-state index in [1.807, 2.05) is 30.3 Å². The van der Waals surface area contributed by atoms with Crippen LogP contribution in [0.3, 0.4) is 0 Å². The summed E-state index contributed by atoms with van der Waals surface area (Å²) < 4.78 is 54.7. The van der Waals surface area contributed by atoms with Crippen LogP contribution in [0.1, 0.15) is 11.4 Å². The van der Waals surface area contributed by atoms with Crippen molar-refractivity contribution in [1.82, 2.24) is 9.97 Å². The second-order valence-corrected chi connectivity index (χ2v) is 8.80. The summed E-state index contributed by atoms with van der Waals surface area (Å²) in [7, 11) is -3.41. The molecule has 9 heteroatoms. The van der Waals surface area contributed by atoms with Crippen LogP contribution in [-0.2, 0) is 10.0 Å². The van der Waals surface area contributed by atoms with Gasteiger partial charge in [-0.15, -0.1) is 0 Å². The first kappa shape index (κ1) is 21.5. The Morgan fingerprint density at radius 3 is 2.50 bits per heavy atom. The van der Waals surface area contributed by atoms with E-state index >= 15 is 0 Å². The molecule has 0 saturated heterocycles. The van der Waals surface area contributed by atoms with Gasteiger partial charge < -0.3 is 9.72 Å². The Morgan fingerprint density at radius 2 is 1.78 bits per heavy atom. The number of ether oxygens (including phenoxy) is 1. The number of benzene rings is 3. The van der Waals surface area contributed by atoms with Gasteiger partial charge >= 0.3 is 6.61 Å². The summed E-state index contributed by atoms with van der Waals surface area (Å²) in [6, 6.07) is 19.1. The molecule has 0 aliphatic rings. The van der Waals surface area contributed by atoms with Crippen molar-refractivity contribution in [2.24, 2.45) is 0 Å². The topological polar surface area (TPSA) is 84.1 Å². The molecule has 1 heterocycles. The first-order valence-corrected chi connectivity index (χ1v) is 11.5. The third kappa shape index (κ3) is 5.30. The van der Waals surface area contributed by atoms with Gasteiger partial charge in [-0.25, -0.2) is 13.4 Å². The fourth-order valence-electron chi connectivity index (χ4n) is 3.23. The van der Waals surface area contributed by atoms with E-state index in [0.717, 1.165) is 34.0 Å². The van der Waals surface area contributed by atoms with Crippen LogP contribution in [0.4, 0.5) is 14.5 Å². The molecule has 0 bridgehead atoms. The van der Waals surface area contributed by atoms with Gasteiger partial charge in [-0.05, 0) is 47.5 Å². The summed E-state index contributed by atoms with van der Waals surface area (Å²) in [5.74, 6) is 0.715. The van der Waals surface area contributed by atoms with Crippen molar-refractivity contribution >= 4 is 38.9 Å². The number of halogens is 2. The number of hydrogen-bond acceptors (Lipinski definition) is 4. The Balaban J connectivity index is 1.58. The molecule has 0 unspecified atom stereocenters. The van der Waals surface area contributed by atoms with Gasteiger partial charge in [-0.3, -0.25) is 4.72 Å². The lowest BCUT2D eigenvalue weighted by atomic mass is 10.0. The van der Waals surface area contributed by atoms with E-state index in [-0.39, 0.29) is 5.75 Å². The van der Waals surface area contributed by atoms with Crippen molar-refractivity contribution in [3.63, 3.8) is 0 Å². The summed E-state index contributed by atoms with van der Waals surface area (Å²) in [5, 5.41) is 0. The van der Waals surface area contributed by atoms with E-state index < -0.39 is 16.6 Å². The molecule has 32 heavy (non-hydrogen) atoms. The van der Waals surface area contributed by atoms with E-state index in [2.05, 4.69) is 19.4 Å².